The van der Waals surface area contributed by atoms with E-state index in [1.54, 1.807) is 16.2 Å². The van der Waals surface area contributed by atoms with Gasteiger partial charge in [0.2, 0.25) is 11.8 Å². The fourth-order valence-corrected chi connectivity index (χ4v) is 5.25. The molecule has 3 heterocycles. The summed E-state index contributed by atoms with van der Waals surface area (Å²) >= 11 is 3.06. The van der Waals surface area contributed by atoms with Gasteiger partial charge in [0.05, 0.1) is 18.2 Å². The van der Waals surface area contributed by atoms with Crippen molar-refractivity contribution in [3.63, 3.8) is 0 Å². The molecule has 5 nitrogen and oxygen atoms in total. The van der Waals surface area contributed by atoms with E-state index >= 15 is 0 Å². The van der Waals surface area contributed by atoms with Gasteiger partial charge in [-0.1, -0.05) is 44.2 Å². The summed E-state index contributed by atoms with van der Waals surface area (Å²) in [4.78, 5) is 32.1. The molecule has 1 saturated heterocycles. The van der Waals surface area contributed by atoms with Crippen LogP contribution in [-0.2, 0) is 16.0 Å². The number of nitrogens with zero attached hydrogens (tertiary/aromatic N) is 2. The predicted octanol–water partition coefficient (Wildman–Crippen LogP) is 4.90. The molecule has 0 radical (unpaired) electrons. The molecule has 1 aromatic carbocycles. The fourth-order valence-electron chi connectivity index (χ4n) is 3.58. The van der Waals surface area contributed by atoms with Crippen molar-refractivity contribution in [1.29, 1.82) is 0 Å². The number of hydrogen-bond donors (Lipinski definition) is 1. The first-order valence-electron chi connectivity index (χ1n) is 10.2. The van der Waals surface area contributed by atoms with Crippen LogP contribution >= 0.6 is 22.7 Å². The minimum absolute atomic E-state index is 0.0778. The van der Waals surface area contributed by atoms with Gasteiger partial charge in [-0.15, -0.1) is 22.7 Å². The van der Waals surface area contributed by atoms with Crippen molar-refractivity contribution in [1.82, 2.24) is 10.3 Å². The molecule has 1 aliphatic heterocycles. The van der Waals surface area contributed by atoms with Crippen LogP contribution in [0.25, 0.3) is 0 Å². The third-order valence-electron chi connectivity index (χ3n) is 5.26. The molecule has 0 spiro atoms. The summed E-state index contributed by atoms with van der Waals surface area (Å²) in [7, 11) is 0. The Morgan fingerprint density at radius 2 is 1.93 bits per heavy atom. The van der Waals surface area contributed by atoms with E-state index in [1.807, 2.05) is 22.9 Å². The zero-order chi connectivity index (χ0) is 21.1. The third-order valence-corrected chi connectivity index (χ3v) is 7.10. The Hall–Kier alpha value is -2.51. The Morgan fingerprint density at radius 1 is 1.17 bits per heavy atom. The maximum Gasteiger partial charge on any atom is 0.228 e. The van der Waals surface area contributed by atoms with Crippen molar-refractivity contribution in [3.8, 4) is 0 Å². The summed E-state index contributed by atoms with van der Waals surface area (Å²) in [6.07, 6.45) is 1.64. The SMILES string of the molecule is CC(C)c1ccc([C@@H](NC(=O)Cc2csc(N3CCCC3=O)n2)c2cccs2)cc1. The van der Waals surface area contributed by atoms with Crippen molar-refractivity contribution >= 4 is 39.6 Å². The van der Waals surface area contributed by atoms with Gasteiger partial charge in [0.25, 0.3) is 0 Å². The molecule has 1 atom stereocenters. The van der Waals surface area contributed by atoms with Gasteiger partial charge >= 0.3 is 0 Å². The van der Waals surface area contributed by atoms with E-state index in [2.05, 4.69) is 48.4 Å². The standard InChI is InChI=1S/C23H25N3O2S2/c1-15(2)16-7-9-17(10-8-16)22(19-5-4-12-29-19)25-20(27)13-18-14-30-23(24-18)26-11-3-6-21(26)28/h4-5,7-10,12,14-15,22H,3,6,11,13H2,1-2H3,(H,25,27)/t22-/m1/s1. The lowest BCUT2D eigenvalue weighted by atomic mass is 9.98. The number of rotatable bonds is 7. The van der Waals surface area contributed by atoms with Gasteiger partial charge in [0.15, 0.2) is 5.13 Å². The normalized spacial score (nSPS) is 15.0. The van der Waals surface area contributed by atoms with Crippen LogP contribution in [0.3, 0.4) is 0 Å². The lowest BCUT2D eigenvalue weighted by Crippen LogP contribution is -2.30. The molecule has 0 bridgehead atoms. The second-order valence-corrected chi connectivity index (χ2v) is 9.60. The van der Waals surface area contributed by atoms with Crippen LogP contribution < -0.4 is 10.2 Å². The average Bonchev–Trinajstić information content (AvgIpc) is 3.48. The van der Waals surface area contributed by atoms with Crippen molar-refractivity contribution in [3.05, 3.63) is 68.9 Å². The first-order chi connectivity index (χ1) is 14.5. The summed E-state index contributed by atoms with van der Waals surface area (Å²) in [6.45, 7) is 5.06. The minimum atomic E-state index is -0.183. The second-order valence-electron chi connectivity index (χ2n) is 7.78. The third kappa shape index (κ3) is 4.63. The van der Waals surface area contributed by atoms with Gasteiger partial charge in [-0.25, -0.2) is 4.98 Å². The quantitative estimate of drug-likeness (QED) is 0.569. The van der Waals surface area contributed by atoms with Crippen LogP contribution in [0, 0.1) is 0 Å². The summed E-state index contributed by atoms with van der Waals surface area (Å²) in [5, 5.41) is 7.77. The lowest BCUT2D eigenvalue weighted by molar-refractivity contribution is -0.121. The molecule has 1 fully saturated rings. The van der Waals surface area contributed by atoms with Crippen LogP contribution in [0.4, 0.5) is 5.13 Å². The smallest absolute Gasteiger partial charge is 0.228 e. The monoisotopic (exact) mass is 439 g/mol. The van der Waals surface area contributed by atoms with E-state index < -0.39 is 0 Å². The highest BCUT2D eigenvalue weighted by Gasteiger charge is 2.25. The molecule has 30 heavy (non-hydrogen) atoms. The Kier molecular flexibility index (Phi) is 6.29. The van der Waals surface area contributed by atoms with Gasteiger partial charge in [0, 0.05) is 23.2 Å². The molecule has 1 N–H and O–H groups in total. The lowest BCUT2D eigenvalue weighted by Gasteiger charge is -2.19. The largest absolute Gasteiger partial charge is 0.344 e. The molecule has 0 unspecified atom stereocenters. The van der Waals surface area contributed by atoms with E-state index in [0.29, 0.717) is 29.7 Å². The van der Waals surface area contributed by atoms with E-state index in [1.165, 1.54) is 16.9 Å². The summed E-state index contributed by atoms with van der Waals surface area (Å²) in [5.74, 6) is 0.504. The van der Waals surface area contributed by atoms with Crippen LogP contribution in [0.15, 0.2) is 47.2 Å². The molecule has 0 aliphatic carbocycles. The molecule has 2 amide bonds. The number of thiophene rings is 1. The van der Waals surface area contributed by atoms with Crippen LogP contribution in [0.5, 0.6) is 0 Å². The molecule has 0 saturated carbocycles. The molecule has 7 heteroatoms. The van der Waals surface area contributed by atoms with E-state index in [-0.39, 0.29) is 24.3 Å². The summed E-state index contributed by atoms with van der Waals surface area (Å²) in [5.41, 5.74) is 3.05. The van der Waals surface area contributed by atoms with Crippen molar-refractivity contribution in [2.75, 3.05) is 11.4 Å². The number of nitrogens with one attached hydrogen (secondary N) is 1. The predicted molar refractivity (Wildman–Crippen MR) is 122 cm³/mol. The molecule has 156 valence electrons. The molecule has 2 aromatic heterocycles. The minimum Gasteiger partial charge on any atom is -0.344 e. The molecular formula is C23H25N3O2S2. The van der Waals surface area contributed by atoms with Gasteiger partial charge in [0.1, 0.15) is 0 Å². The van der Waals surface area contributed by atoms with Gasteiger partial charge in [-0.05, 0) is 34.9 Å². The zero-order valence-electron chi connectivity index (χ0n) is 17.1. The Bertz CT molecular complexity index is 1010. The van der Waals surface area contributed by atoms with Crippen molar-refractivity contribution < 1.29 is 9.59 Å². The zero-order valence-corrected chi connectivity index (χ0v) is 18.8. The average molecular weight is 440 g/mol. The molecular weight excluding hydrogens is 414 g/mol. The number of carbonyl (C=O) groups excluding carboxylic acids is 2. The maximum atomic E-state index is 12.8. The maximum absolute atomic E-state index is 12.8. The fraction of sp³-hybridized carbons (Fsp3) is 0.348. The Labute approximate surface area is 184 Å². The number of aromatic nitrogens is 1. The Morgan fingerprint density at radius 3 is 2.57 bits per heavy atom. The number of carbonyl (C=O) groups is 2. The van der Waals surface area contributed by atoms with Gasteiger partial charge in [-0.3, -0.25) is 14.5 Å². The number of amides is 2. The molecule has 4 rings (SSSR count). The van der Waals surface area contributed by atoms with E-state index in [9.17, 15) is 9.59 Å². The highest BCUT2D eigenvalue weighted by atomic mass is 32.1. The van der Waals surface area contributed by atoms with Crippen molar-refractivity contribution in [2.24, 2.45) is 0 Å². The number of benzene rings is 1. The highest BCUT2D eigenvalue weighted by molar-refractivity contribution is 7.14. The highest BCUT2D eigenvalue weighted by Crippen LogP contribution is 2.28. The van der Waals surface area contributed by atoms with Crippen LogP contribution in [0.2, 0.25) is 0 Å². The first kappa shape index (κ1) is 20.8. The van der Waals surface area contributed by atoms with Crippen molar-refractivity contribution in [2.45, 2.75) is 45.1 Å². The van der Waals surface area contributed by atoms with Gasteiger partial charge in [-0.2, -0.15) is 0 Å². The second kappa shape index (κ2) is 9.10. The molecule has 1 aliphatic rings. The van der Waals surface area contributed by atoms with Crippen LogP contribution in [-0.4, -0.2) is 23.3 Å². The number of thiazole rings is 1. The van der Waals surface area contributed by atoms with Crippen LogP contribution in [0.1, 0.15) is 60.3 Å². The number of hydrogen-bond acceptors (Lipinski definition) is 5. The van der Waals surface area contributed by atoms with Gasteiger partial charge < -0.3 is 5.32 Å². The molecule has 3 aromatic rings. The Balaban J connectivity index is 1.47. The topological polar surface area (TPSA) is 62.3 Å². The number of anilines is 1. The summed E-state index contributed by atoms with van der Waals surface area (Å²) in [6, 6.07) is 12.3. The van der Waals surface area contributed by atoms with E-state index in [4.69, 9.17) is 0 Å². The summed E-state index contributed by atoms with van der Waals surface area (Å²) < 4.78 is 0. The van der Waals surface area contributed by atoms with E-state index in [0.717, 1.165) is 16.9 Å². The first-order valence-corrected chi connectivity index (χ1v) is 11.9.